The third-order valence-corrected chi connectivity index (χ3v) is 2.07. The lowest BCUT2D eigenvalue weighted by Crippen LogP contribution is -2.26. The molecule has 0 radical (unpaired) electrons. The van der Waals surface area contributed by atoms with Crippen molar-refractivity contribution >= 4 is 5.82 Å². The van der Waals surface area contributed by atoms with Crippen molar-refractivity contribution in [3.05, 3.63) is 17.6 Å². The molecule has 13 heavy (non-hydrogen) atoms. The molecular formula is C9H16N4. The van der Waals surface area contributed by atoms with Crippen LogP contribution in [0.3, 0.4) is 0 Å². The van der Waals surface area contributed by atoms with Crippen LogP contribution in [0.2, 0.25) is 0 Å². The van der Waals surface area contributed by atoms with E-state index in [0.717, 1.165) is 17.1 Å². The van der Waals surface area contributed by atoms with Gasteiger partial charge in [-0.15, -0.1) is 0 Å². The molecule has 0 saturated carbocycles. The van der Waals surface area contributed by atoms with Crippen LogP contribution in [0.15, 0.2) is 6.33 Å². The number of hydrogen-bond donors (Lipinski definition) is 2. The Hall–Kier alpha value is -1.16. The van der Waals surface area contributed by atoms with E-state index in [1.807, 2.05) is 20.8 Å². The molecule has 0 aromatic carbocycles. The molecule has 0 bridgehead atoms. The minimum Gasteiger partial charge on any atom is -0.366 e. The predicted molar refractivity (Wildman–Crippen MR) is 53.6 cm³/mol. The normalized spacial score (nSPS) is 12.6. The fourth-order valence-corrected chi connectivity index (χ4v) is 0.976. The molecular weight excluding hydrogens is 164 g/mol. The van der Waals surface area contributed by atoms with E-state index >= 15 is 0 Å². The molecule has 1 atom stereocenters. The summed E-state index contributed by atoms with van der Waals surface area (Å²) < 4.78 is 0. The number of nitrogens with two attached hydrogens (primary N) is 1. The second-order valence-corrected chi connectivity index (χ2v) is 3.21. The number of aromatic nitrogens is 2. The van der Waals surface area contributed by atoms with Crippen LogP contribution in [0.1, 0.15) is 18.2 Å². The second-order valence-electron chi connectivity index (χ2n) is 3.21. The number of nitrogens with zero attached hydrogens (tertiary/aromatic N) is 2. The molecule has 4 nitrogen and oxygen atoms in total. The highest BCUT2D eigenvalue weighted by Crippen LogP contribution is 2.12. The monoisotopic (exact) mass is 180 g/mol. The molecule has 0 spiro atoms. The summed E-state index contributed by atoms with van der Waals surface area (Å²) in [5.74, 6) is 0.880. The van der Waals surface area contributed by atoms with E-state index in [1.165, 1.54) is 0 Å². The molecule has 1 aromatic heterocycles. The zero-order valence-corrected chi connectivity index (χ0v) is 8.33. The van der Waals surface area contributed by atoms with E-state index in [4.69, 9.17) is 5.73 Å². The Morgan fingerprint density at radius 3 is 2.77 bits per heavy atom. The van der Waals surface area contributed by atoms with Gasteiger partial charge in [0.05, 0.1) is 0 Å². The summed E-state index contributed by atoms with van der Waals surface area (Å²) in [6, 6.07) is 0.244. The first-order chi connectivity index (χ1) is 6.15. The molecule has 0 aliphatic heterocycles. The summed E-state index contributed by atoms with van der Waals surface area (Å²) in [5.41, 5.74) is 7.59. The van der Waals surface area contributed by atoms with E-state index < -0.39 is 0 Å². The predicted octanol–water partition coefficient (Wildman–Crippen LogP) is 0.853. The van der Waals surface area contributed by atoms with Crippen molar-refractivity contribution in [2.45, 2.75) is 26.8 Å². The van der Waals surface area contributed by atoms with Crippen molar-refractivity contribution in [1.82, 2.24) is 9.97 Å². The van der Waals surface area contributed by atoms with Gasteiger partial charge in [0, 0.05) is 23.8 Å². The average Bonchev–Trinajstić information content (AvgIpc) is 2.13. The lowest BCUT2D eigenvalue weighted by molar-refractivity contribution is 0.794. The Labute approximate surface area is 78.6 Å². The second kappa shape index (κ2) is 4.18. The summed E-state index contributed by atoms with van der Waals surface area (Å²) >= 11 is 0. The fourth-order valence-electron chi connectivity index (χ4n) is 0.976. The highest BCUT2D eigenvalue weighted by Gasteiger charge is 2.05. The van der Waals surface area contributed by atoms with Crippen molar-refractivity contribution in [2.24, 2.45) is 5.73 Å². The van der Waals surface area contributed by atoms with Crippen molar-refractivity contribution in [3.63, 3.8) is 0 Å². The van der Waals surface area contributed by atoms with Crippen molar-refractivity contribution in [1.29, 1.82) is 0 Å². The van der Waals surface area contributed by atoms with Gasteiger partial charge >= 0.3 is 0 Å². The summed E-state index contributed by atoms with van der Waals surface area (Å²) in [4.78, 5) is 8.24. The Morgan fingerprint density at radius 1 is 1.46 bits per heavy atom. The summed E-state index contributed by atoms with van der Waals surface area (Å²) in [7, 11) is 0. The van der Waals surface area contributed by atoms with E-state index in [-0.39, 0.29) is 6.04 Å². The van der Waals surface area contributed by atoms with Crippen molar-refractivity contribution in [3.8, 4) is 0 Å². The number of aryl methyl sites for hydroxylation is 1. The molecule has 0 aliphatic rings. The minimum absolute atomic E-state index is 0.244. The van der Waals surface area contributed by atoms with Crippen molar-refractivity contribution in [2.75, 3.05) is 11.9 Å². The smallest absolute Gasteiger partial charge is 0.132 e. The Balaban J connectivity index is 2.83. The van der Waals surface area contributed by atoms with E-state index in [2.05, 4.69) is 15.3 Å². The maximum Gasteiger partial charge on any atom is 0.132 e. The van der Waals surface area contributed by atoms with Gasteiger partial charge in [-0.2, -0.15) is 0 Å². The van der Waals surface area contributed by atoms with Crippen LogP contribution < -0.4 is 11.1 Å². The van der Waals surface area contributed by atoms with E-state index in [0.29, 0.717) is 6.54 Å². The first kappa shape index (κ1) is 9.92. The lowest BCUT2D eigenvalue weighted by atomic mass is 10.2. The molecule has 4 heteroatoms. The lowest BCUT2D eigenvalue weighted by Gasteiger charge is -2.14. The van der Waals surface area contributed by atoms with Crippen LogP contribution in [0.4, 0.5) is 5.82 Å². The molecule has 3 N–H and O–H groups in total. The number of rotatable bonds is 3. The SMILES string of the molecule is Cc1ncnc(NC(C)CN)c1C. The minimum atomic E-state index is 0.244. The van der Waals surface area contributed by atoms with Gasteiger partial charge < -0.3 is 11.1 Å². The third-order valence-electron chi connectivity index (χ3n) is 2.07. The van der Waals surface area contributed by atoms with Gasteiger partial charge in [0.25, 0.3) is 0 Å². The maximum atomic E-state index is 5.50. The third kappa shape index (κ3) is 2.39. The van der Waals surface area contributed by atoms with Gasteiger partial charge in [-0.25, -0.2) is 9.97 Å². The fraction of sp³-hybridized carbons (Fsp3) is 0.556. The zero-order valence-electron chi connectivity index (χ0n) is 8.33. The quantitative estimate of drug-likeness (QED) is 0.724. The molecule has 1 rings (SSSR count). The molecule has 0 saturated heterocycles. The highest BCUT2D eigenvalue weighted by atomic mass is 15.0. The van der Waals surface area contributed by atoms with Gasteiger partial charge in [0.2, 0.25) is 0 Å². The Bertz CT molecular complexity index is 285. The molecule has 0 aliphatic carbocycles. The number of anilines is 1. The standard InChI is InChI=1S/C9H16N4/c1-6(4-10)13-9-7(2)8(3)11-5-12-9/h5-6H,4,10H2,1-3H3,(H,11,12,13). The molecule has 1 heterocycles. The maximum absolute atomic E-state index is 5.50. The molecule has 1 aromatic rings. The number of nitrogens with one attached hydrogen (secondary N) is 1. The largest absolute Gasteiger partial charge is 0.366 e. The molecule has 72 valence electrons. The van der Waals surface area contributed by atoms with Crippen LogP contribution in [0, 0.1) is 13.8 Å². The Morgan fingerprint density at radius 2 is 2.15 bits per heavy atom. The van der Waals surface area contributed by atoms with Gasteiger partial charge in [0.1, 0.15) is 12.1 Å². The van der Waals surface area contributed by atoms with Crippen LogP contribution in [-0.4, -0.2) is 22.6 Å². The average molecular weight is 180 g/mol. The summed E-state index contributed by atoms with van der Waals surface area (Å²) in [6.45, 7) is 6.59. The topological polar surface area (TPSA) is 63.8 Å². The van der Waals surface area contributed by atoms with Gasteiger partial charge in [-0.1, -0.05) is 0 Å². The van der Waals surface area contributed by atoms with Gasteiger partial charge in [-0.3, -0.25) is 0 Å². The van der Waals surface area contributed by atoms with E-state index in [1.54, 1.807) is 6.33 Å². The first-order valence-electron chi connectivity index (χ1n) is 4.40. The summed E-state index contributed by atoms with van der Waals surface area (Å²) in [5, 5.41) is 3.22. The molecule has 0 amide bonds. The first-order valence-corrected chi connectivity index (χ1v) is 4.40. The Kier molecular flexibility index (Phi) is 3.19. The summed E-state index contributed by atoms with van der Waals surface area (Å²) in [6.07, 6.45) is 1.56. The van der Waals surface area contributed by atoms with Crippen molar-refractivity contribution < 1.29 is 0 Å². The zero-order chi connectivity index (χ0) is 9.84. The van der Waals surface area contributed by atoms with Crippen LogP contribution in [0.25, 0.3) is 0 Å². The number of hydrogen-bond acceptors (Lipinski definition) is 4. The van der Waals surface area contributed by atoms with Crippen LogP contribution in [0.5, 0.6) is 0 Å². The van der Waals surface area contributed by atoms with Crippen LogP contribution >= 0.6 is 0 Å². The van der Waals surface area contributed by atoms with E-state index in [9.17, 15) is 0 Å². The molecule has 1 unspecified atom stereocenters. The van der Waals surface area contributed by atoms with Crippen LogP contribution in [-0.2, 0) is 0 Å². The highest BCUT2D eigenvalue weighted by molar-refractivity contribution is 5.45. The van der Waals surface area contributed by atoms with Gasteiger partial charge in [-0.05, 0) is 20.8 Å². The van der Waals surface area contributed by atoms with Gasteiger partial charge in [0.15, 0.2) is 0 Å². The molecule has 0 fully saturated rings.